The van der Waals surface area contributed by atoms with E-state index in [1.807, 2.05) is 92.7 Å². The molecule has 4 aromatic rings. The number of oxazole rings is 1. The average molecular weight is 383 g/mol. The first-order chi connectivity index (χ1) is 14.1. The van der Waals surface area contributed by atoms with Crippen molar-refractivity contribution in [1.82, 2.24) is 4.98 Å². The zero-order valence-corrected chi connectivity index (χ0v) is 16.4. The van der Waals surface area contributed by atoms with Crippen LogP contribution in [0.2, 0.25) is 0 Å². The van der Waals surface area contributed by atoms with Crippen LogP contribution in [0.5, 0.6) is 5.75 Å². The summed E-state index contributed by atoms with van der Waals surface area (Å²) in [6, 6.07) is 22.6. The van der Waals surface area contributed by atoms with Crippen molar-refractivity contribution in [2.24, 2.45) is 0 Å². The predicted octanol–water partition coefficient (Wildman–Crippen LogP) is 5.96. The van der Waals surface area contributed by atoms with Gasteiger partial charge >= 0.3 is 0 Å². The first-order valence-corrected chi connectivity index (χ1v) is 9.56. The summed E-state index contributed by atoms with van der Waals surface area (Å²) in [5.74, 6) is 0.967. The number of allylic oxidation sites excluding steroid dienone is 1. The van der Waals surface area contributed by atoms with Crippen molar-refractivity contribution in [3.05, 3.63) is 95.4 Å². The van der Waals surface area contributed by atoms with Gasteiger partial charge in [-0.1, -0.05) is 54.1 Å². The Morgan fingerprint density at radius 1 is 1.00 bits per heavy atom. The molecule has 0 atom stereocenters. The van der Waals surface area contributed by atoms with Gasteiger partial charge in [0.1, 0.15) is 11.3 Å². The number of ether oxygens (including phenoxy) is 1. The molecule has 0 N–H and O–H groups in total. The molecule has 0 amide bonds. The molecule has 0 radical (unpaired) electrons. The lowest BCUT2D eigenvalue weighted by molar-refractivity contribution is 0.105. The maximum atomic E-state index is 13.3. The van der Waals surface area contributed by atoms with Gasteiger partial charge in [0.05, 0.1) is 12.2 Å². The highest BCUT2D eigenvalue weighted by atomic mass is 16.5. The van der Waals surface area contributed by atoms with Crippen LogP contribution in [0, 0.1) is 6.92 Å². The van der Waals surface area contributed by atoms with E-state index in [1.54, 1.807) is 0 Å². The molecule has 1 aromatic heterocycles. The number of carbonyl (C=O) groups excluding carboxylic acids is 1. The number of benzene rings is 3. The standard InChI is InChI=1S/C25H21NO3/c1-3-28-20-14-10-18(11-15-20)16-21(24(27)19-12-8-17(2)9-13-19)25-26-22-6-4-5-7-23(22)29-25/h4-16H,3H2,1-2H3/b21-16-. The molecule has 4 rings (SSSR count). The minimum absolute atomic E-state index is 0.134. The van der Waals surface area contributed by atoms with E-state index < -0.39 is 0 Å². The van der Waals surface area contributed by atoms with Crippen LogP contribution in [0.4, 0.5) is 0 Å². The number of Topliss-reactive ketones (excluding diaryl/α,β-unsaturated/α-hetero) is 1. The van der Waals surface area contributed by atoms with E-state index in [9.17, 15) is 4.79 Å². The summed E-state index contributed by atoms with van der Waals surface area (Å²) in [6.07, 6.45) is 1.81. The van der Waals surface area contributed by atoms with Crippen LogP contribution in [0.3, 0.4) is 0 Å². The molecule has 0 aliphatic carbocycles. The molecule has 0 saturated heterocycles. The van der Waals surface area contributed by atoms with Crippen LogP contribution in [0.1, 0.15) is 34.3 Å². The van der Waals surface area contributed by atoms with Gasteiger partial charge in [-0.2, -0.15) is 0 Å². The third-order valence-electron chi connectivity index (χ3n) is 4.58. The van der Waals surface area contributed by atoms with Gasteiger partial charge in [0.25, 0.3) is 0 Å². The van der Waals surface area contributed by atoms with E-state index >= 15 is 0 Å². The average Bonchev–Trinajstić information content (AvgIpc) is 3.17. The van der Waals surface area contributed by atoms with Crippen molar-refractivity contribution < 1.29 is 13.9 Å². The maximum Gasteiger partial charge on any atom is 0.231 e. The van der Waals surface area contributed by atoms with Gasteiger partial charge in [-0.05, 0) is 49.8 Å². The number of carbonyl (C=O) groups is 1. The van der Waals surface area contributed by atoms with Crippen LogP contribution in [-0.4, -0.2) is 17.4 Å². The number of fused-ring (bicyclic) bond motifs is 1. The zero-order chi connectivity index (χ0) is 20.2. The number of hydrogen-bond acceptors (Lipinski definition) is 4. The monoisotopic (exact) mass is 383 g/mol. The number of para-hydroxylation sites is 2. The maximum absolute atomic E-state index is 13.3. The van der Waals surface area contributed by atoms with E-state index in [2.05, 4.69) is 4.98 Å². The molecular weight excluding hydrogens is 362 g/mol. The topological polar surface area (TPSA) is 52.3 Å². The van der Waals surface area contributed by atoms with Gasteiger partial charge in [0.15, 0.2) is 11.4 Å². The molecule has 0 spiro atoms. The second kappa shape index (κ2) is 8.15. The molecule has 0 unspecified atom stereocenters. The third-order valence-corrected chi connectivity index (χ3v) is 4.58. The Kier molecular flexibility index (Phi) is 5.25. The Morgan fingerprint density at radius 3 is 2.41 bits per heavy atom. The minimum atomic E-state index is -0.134. The van der Waals surface area contributed by atoms with E-state index in [-0.39, 0.29) is 5.78 Å². The summed E-state index contributed by atoms with van der Waals surface area (Å²) in [6.45, 7) is 4.54. The molecule has 0 saturated carbocycles. The number of ketones is 1. The Labute approximate surface area is 169 Å². The number of hydrogen-bond donors (Lipinski definition) is 0. The molecule has 4 heteroatoms. The van der Waals surface area contributed by atoms with Gasteiger partial charge < -0.3 is 9.15 Å². The summed E-state index contributed by atoms with van der Waals surface area (Å²) < 4.78 is 11.4. The smallest absolute Gasteiger partial charge is 0.231 e. The highest BCUT2D eigenvalue weighted by Gasteiger charge is 2.20. The molecule has 4 nitrogen and oxygen atoms in total. The SMILES string of the molecule is CCOc1ccc(/C=C(/C(=O)c2ccc(C)cc2)c2nc3ccccc3o2)cc1. The van der Waals surface area contributed by atoms with E-state index in [0.717, 1.165) is 22.4 Å². The van der Waals surface area contributed by atoms with Crippen LogP contribution < -0.4 is 4.74 Å². The second-order valence-corrected chi connectivity index (χ2v) is 6.74. The largest absolute Gasteiger partial charge is 0.494 e. The molecule has 3 aromatic carbocycles. The highest BCUT2D eigenvalue weighted by molar-refractivity contribution is 6.31. The summed E-state index contributed by atoms with van der Waals surface area (Å²) in [5, 5.41) is 0. The Balaban J connectivity index is 1.79. The molecule has 144 valence electrons. The summed E-state index contributed by atoms with van der Waals surface area (Å²) in [7, 11) is 0. The Morgan fingerprint density at radius 2 is 1.72 bits per heavy atom. The highest BCUT2D eigenvalue weighted by Crippen LogP contribution is 2.27. The molecule has 0 fully saturated rings. The van der Waals surface area contributed by atoms with E-state index in [0.29, 0.717) is 29.2 Å². The molecule has 29 heavy (non-hydrogen) atoms. The number of nitrogens with zero attached hydrogens (tertiary/aromatic N) is 1. The Bertz CT molecular complexity index is 1140. The van der Waals surface area contributed by atoms with E-state index in [4.69, 9.17) is 9.15 Å². The lowest BCUT2D eigenvalue weighted by Gasteiger charge is -2.06. The van der Waals surface area contributed by atoms with Crippen molar-refractivity contribution in [2.75, 3.05) is 6.61 Å². The number of rotatable bonds is 6. The fraction of sp³-hybridized carbons (Fsp3) is 0.120. The predicted molar refractivity (Wildman–Crippen MR) is 115 cm³/mol. The van der Waals surface area contributed by atoms with Gasteiger partial charge in [-0.15, -0.1) is 0 Å². The van der Waals surface area contributed by atoms with Crippen LogP contribution in [-0.2, 0) is 0 Å². The third kappa shape index (κ3) is 4.11. The second-order valence-electron chi connectivity index (χ2n) is 6.74. The fourth-order valence-electron chi connectivity index (χ4n) is 3.07. The van der Waals surface area contributed by atoms with Crippen molar-refractivity contribution in [3.8, 4) is 5.75 Å². The normalized spacial score (nSPS) is 11.6. The molecule has 0 bridgehead atoms. The quantitative estimate of drug-likeness (QED) is 0.305. The lowest BCUT2D eigenvalue weighted by atomic mass is 10.00. The first kappa shape index (κ1) is 18.7. The molecule has 0 aliphatic heterocycles. The molecule has 0 aliphatic rings. The molecular formula is C25H21NO3. The molecule has 1 heterocycles. The first-order valence-electron chi connectivity index (χ1n) is 9.56. The van der Waals surface area contributed by atoms with Crippen LogP contribution in [0.25, 0.3) is 22.7 Å². The Hall–Kier alpha value is -3.66. The van der Waals surface area contributed by atoms with Crippen molar-refractivity contribution in [1.29, 1.82) is 0 Å². The number of aromatic nitrogens is 1. The van der Waals surface area contributed by atoms with Gasteiger partial charge in [0.2, 0.25) is 5.89 Å². The van der Waals surface area contributed by atoms with Crippen molar-refractivity contribution in [3.63, 3.8) is 0 Å². The van der Waals surface area contributed by atoms with Crippen LogP contribution in [0.15, 0.2) is 77.2 Å². The van der Waals surface area contributed by atoms with Crippen molar-refractivity contribution >= 4 is 28.5 Å². The number of aryl methyl sites for hydroxylation is 1. The summed E-state index contributed by atoms with van der Waals surface area (Å²) >= 11 is 0. The summed E-state index contributed by atoms with van der Waals surface area (Å²) in [5.41, 5.74) is 4.34. The van der Waals surface area contributed by atoms with Gasteiger partial charge in [-0.3, -0.25) is 4.79 Å². The lowest BCUT2D eigenvalue weighted by Crippen LogP contribution is -2.03. The van der Waals surface area contributed by atoms with Crippen molar-refractivity contribution in [2.45, 2.75) is 13.8 Å². The van der Waals surface area contributed by atoms with Gasteiger partial charge in [-0.25, -0.2) is 4.98 Å². The van der Waals surface area contributed by atoms with Gasteiger partial charge in [0, 0.05) is 5.56 Å². The minimum Gasteiger partial charge on any atom is -0.494 e. The fourth-order valence-corrected chi connectivity index (χ4v) is 3.07. The van der Waals surface area contributed by atoms with Crippen LogP contribution >= 0.6 is 0 Å². The van der Waals surface area contributed by atoms with E-state index in [1.165, 1.54) is 0 Å². The summed E-state index contributed by atoms with van der Waals surface area (Å²) in [4.78, 5) is 17.9. The zero-order valence-electron chi connectivity index (χ0n) is 16.4.